The number of aromatic nitrogens is 1. The van der Waals surface area contributed by atoms with Gasteiger partial charge in [0.15, 0.2) is 11.6 Å². The maximum atomic E-state index is 14.2. The molecule has 2 N–H and O–H groups in total. The Morgan fingerprint density at radius 2 is 2.38 bits per heavy atom. The van der Waals surface area contributed by atoms with Crippen LogP contribution in [0.5, 0.6) is 0 Å². The van der Waals surface area contributed by atoms with Gasteiger partial charge < -0.3 is 15.4 Å². The molecule has 116 valence electrons. The minimum absolute atomic E-state index is 0.0233. The van der Waals surface area contributed by atoms with Crippen LogP contribution in [0.3, 0.4) is 0 Å². The standard InChI is InChI=1S/C15H22FN3O2/c1-3-6-17-14-13(16)12(4-7-18-14)15(20)19-9-11-5-8-21-10(11)2/h4,7,10-11H,3,5-6,8-9H2,1-2H3,(H,17,18)(H,19,20). The van der Waals surface area contributed by atoms with Gasteiger partial charge in [0.2, 0.25) is 0 Å². The Balaban J connectivity index is 1.98. The van der Waals surface area contributed by atoms with Gasteiger partial charge in [0.1, 0.15) is 0 Å². The second-order valence-electron chi connectivity index (χ2n) is 5.28. The SMILES string of the molecule is CCCNc1nccc(C(=O)NCC2CCOC2C)c1F. The smallest absolute Gasteiger partial charge is 0.254 e. The zero-order valence-corrected chi connectivity index (χ0v) is 12.5. The van der Waals surface area contributed by atoms with Crippen molar-refractivity contribution in [2.45, 2.75) is 32.8 Å². The van der Waals surface area contributed by atoms with Gasteiger partial charge in [0.25, 0.3) is 5.91 Å². The van der Waals surface area contributed by atoms with Crippen molar-refractivity contribution in [3.05, 3.63) is 23.6 Å². The van der Waals surface area contributed by atoms with Crippen molar-refractivity contribution in [2.24, 2.45) is 5.92 Å². The number of nitrogens with zero attached hydrogens (tertiary/aromatic N) is 1. The number of carbonyl (C=O) groups is 1. The number of rotatable bonds is 6. The normalized spacial score (nSPS) is 21.3. The summed E-state index contributed by atoms with van der Waals surface area (Å²) in [6.45, 7) is 5.80. The maximum Gasteiger partial charge on any atom is 0.254 e. The second kappa shape index (κ2) is 7.36. The highest BCUT2D eigenvalue weighted by molar-refractivity contribution is 5.95. The van der Waals surface area contributed by atoms with Gasteiger partial charge in [-0.3, -0.25) is 4.79 Å². The molecule has 0 radical (unpaired) electrons. The lowest BCUT2D eigenvalue weighted by Gasteiger charge is -2.15. The zero-order valence-electron chi connectivity index (χ0n) is 12.5. The van der Waals surface area contributed by atoms with Crippen molar-refractivity contribution < 1.29 is 13.9 Å². The van der Waals surface area contributed by atoms with E-state index in [2.05, 4.69) is 15.6 Å². The molecule has 0 bridgehead atoms. The van der Waals surface area contributed by atoms with E-state index in [1.807, 2.05) is 13.8 Å². The van der Waals surface area contributed by atoms with Crippen LogP contribution in [0.15, 0.2) is 12.3 Å². The number of halogens is 1. The van der Waals surface area contributed by atoms with Gasteiger partial charge in [-0.15, -0.1) is 0 Å². The number of anilines is 1. The summed E-state index contributed by atoms with van der Waals surface area (Å²) in [5, 5.41) is 5.66. The Bertz CT molecular complexity index is 496. The van der Waals surface area contributed by atoms with Crippen molar-refractivity contribution in [3.63, 3.8) is 0 Å². The molecular formula is C15H22FN3O2. The first-order chi connectivity index (χ1) is 10.1. The minimum atomic E-state index is -0.598. The van der Waals surface area contributed by atoms with Gasteiger partial charge in [-0.25, -0.2) is 9.37 Å². The van der Waals surface area contributed by atoms with E-state index in [0.29, 0.717) is 13.1 Å². The highest BCUT2D eigenvalue weighted by Crippen LogP contribution is 2.20. The third-order valence-corrected chi connectivity index (χ3v) is 3.73. The molecule has 2 atom stereocenters. The molecule has 2 heterocycles. The largest absolute Gasteiger partial charge is 0.378 e. The van der Waals surface area contributed by atoms with Gasteiger partial charge in [0.05, 0.1) is 11.7 Å². The molecule has 1 aromatic rings. The van der Waals surface area contributed by atoms with Crippen LogP contribution in [0.4, 0.5) is 10.2 Å². The number of hydrogen-bond acceptors (Lipinski definition) is 4. The van der Waals surface area contributed by atoms with Crippen LogP contribution in [0.2, 0.25) is 0 Å². The van der Waals surface area contributed by atoms with Crippen molar-refractivity contribution in [2.75, 3.05) is 25.0 Å². The second-order valence-corrected chi connectivity index (χ2v) is 5.28. The average molecular weight is 295 g/mol. The molecule has 0 saturated carbocycles. The summed E-state index contributed by atoms with van der Waals surface area (Å²) in [5.41, 5.74) is 0.0233. The predicted molar refractivity (Wildman–Crippen MR) is 78.8 cm³/mol. The van der Waals surface area contributed by atoms with Crippen LogP contribution >= 0.6 is 0 Å². The fourth-order valence-electron chi connectivity index (χ4n) is 2.35. The molecule has 1 aliphatic heterocycles. The molecule has 1 amide bonds. The van der Waals surface area contributed by atoms with E-state index in [1.54, 1.807) is 0 Å². The summed E-state index contributed by atoms with van der Waals surface area (Å²) < 4.78 is 19.7. The quantitative estimate of drug-likeness (QED) is 0.844. The topological polar surface area (TPSA) is 63.2 Å². The molecule has 6 heteroatoms. The van der Waals surface area contributed by atoms with Crippen molar-refractivity contribution >= 4 is 11.7 Å². The number of ether oxygens (including phenoxy) is 1. The number of hydrogen-bond donors (Lipinski definition) is 2. The van der Waals surface area contributed by atoms with E-state index in [9.17, 15) is 9.18 Å². The third-order valence-electron chi connectivity index (χ3n) is 3.73. The summed E-state index contributed by atoms with van der Waals surface area (Å²) in [7, 11) is 0. The van der Waals surface area contributed by atoms with Gasteiger partial charge in [-0.1, -0.05) is 6.92 Å². The third kappa shape index (κ3) is 3.91. The molecule has 0 aromatic carbocycles. The summed E-state index contributed by atoms with van der Waals surface area (Å²) in [5.74, 6) is -0.591. The minimum Gasteiger partial charge on any atom is -0.378 e. The lowest BCUT2D eigenvalue weighted by Crippen LogP contribution is -2.32. The van der Waals surface area contributed by atoms with Crippen molar-refractivity contribution in [1.82, 2.24) is 10.3 Å². The number of nitrogens with one attached hydrogen (secondary N) is 2. The van der Waals surface area contributed by atoms with E-state index in [0.717, 1.165) is 19.4 Å². The molecule has 1 saturated heterocycles. The Labute approximate surface area is 124 Å². The summed E-state index contributed by atoms with van der Waals surface area (Å²) in [4.78, 5) is 16.0. The fraction of sp³-hybridized carbons (Fsp3) is 0.600. The number of amides is 1. The number of carbonyl (C=O) groups excluding carboxylic acids is 1. The van der Waals surface area contributed by atoms with Gasteiger partial charge in [0, 0.05) is 31.8 Å². The highest BCUT2D eigenvalue weighted by Gasteiger charge is 2.25. The first kappa shape index (κ1) is 15.7. The summed E-state index contributed by atoms with van der Waals surface area (Å²) in [6, 6.07) is 1.40. The average Bonchev–Trinajstić information content (AvgIpc) is 2.89. The monoisotopic (exact) mass is 295 g/mol. The molecule has 1 aliphatic rings. The van der Waals surface area contributed by atoms with Crippen molar-refractivity contribution in [3.8, 4) is 0 Å². The predicted octanol–water partition coefficient (Wildman–Crippen LogP) is 2.20. The van der Waals surface area contributed by atoms with Gasteiger partial charge in [-0.05, 0) is 25.8 Å². The fourth-order valence-corrected chi connectivity index (χ4v) is 2.35. The first-order valence-corrected chi connectivity index (χ1v) is 7.41. The summed E-state index contributed by atoms with van der Waals surface area (Å²) in [6.07, 6.45) is 3.35. The molecule has 2 unspecified atom stereocenters. The highest BCUT2D eigenvalue weighted by atomic mass is 19.1. The van der Waals surface area contributed by atoms with E-state index >= 15 is 0 Å². The van der Waals surface area contributed by atoms with Gasteiger partial charge >= 0.3 is 0 Å². The number of pyridine rings is 1. The van der Waals surface area contributed by atoms with Crippen LogP contribution < -0.4 is 10.6 Å². The molecule has 2 rings (SSSR count). The van der Waals surface area contributed by atoms with Crippen molar-refractivity contribution in [1.29, 1.82) is 0 Å². The molecule has 1 aromatic heterocycles. The van der Waals surface area contributed by atoms with Crippen LogP contribution in [0, 0.1) is 11.7 Å². The lowest BCUT2D eigenvalue weighted by molar-refractivity contribution is 0.0904. The molecule has 5 nitrogen and oxygen atoms in total. The van der Waals surface area contributed by atoms with Crippen LogP contribution in [-0.2, 0) is 4.74 Å². The van der Waals surface area contributed by atoms with Crippen LogP contribution in [0.1, 0.15) is 37.0 Å². The van der Waals surface area contributed by atoms with E-state index in [4.69, 9.17) is 4.74 Å². The maximum absolute atomic E-state index is 14.2. The molecule has 1 fully saturated rings. The van der Waals surface area contributed by atoms with Crippen LogP contribution in [0.25, 0.3) is 0 Å². The lowest BCUT2D eigenvalue weighted by atomic mass is 10.0. The first-order valence-electron chi connectivity index (χ1n) is 7.41. The Hall–Kier alpha value is -1.69. The summed E-state index contributed by atoms with van der Waals surface area (Å²) >= 11 is 0. The Morgan fingerprint density at radius 3 is 3.05 bits per heavy atom. The van der Waals surface area contributed by atoms with Gasteiger partial charge in [-0.2, -0.15) is 0 Å². The molecule has 0 aliphatic carbocycles. The Kier molecular flexibility index (Phi) is 5.50. The zero-order chi connectivity index (χ0) is 15.2. The molecule has 21 heavy (non-hydrogen) atoms. The van der Waals surface area contributed by atoms with E-state index < -0.39 is 11.7 Å². The Morgan fingerprint density at radius 1 is 1.57 bits per heavy atom. The molecule has 0 spiro atoms. The molecular weight excluding hydrogens is 273 g/mol. The van der Waals surface area contributed by atoms with E-state index in [-0.39, 0.29) is 23.4 Å². The van der Waals surface area contributed by atoms with E-state index in [1.165, 1.54) is 12.3 Å². The van der Waals surface area contributed by atoms with Crippen LogP contribution in [-0.4, -0.2) is 36.7 Å².